The average molecular weight is 454 g/mol. The maximum absolute atomic E-state index is 12.7. The number of amides is 1. The van der Waals surface area contributed by atoms with Crippen LogP contribution in [0.3, 0.4) is 0 Å². The lowest BCUT2D eigenvalue weighted by Gasteiger charge is -2.23. The molecule has 1 saturated heterocycles. The Hall–Kier alpha value is -2.58. The first kappa shape index (κ1) is 21.6. The molecular formula is C22H19ClF3NO4. The van der Waals surface area contributed by atoms with Gasteiger partial charge >= 0.3 is 12.5 Å². The quantitative estimate of drug-likeness (QED) is 0.615. The summed E-state index contributed by atoms with van der Waals surface area (Å²) in [6.07, 6.45) is -7.36. The second-order valence-corrected chi connectivity index (χ2v) is 7.76. The number of likely N-dealkylation sites (tertiary alicyclic amines) is 1. The van der Waals surface area contributed by atoms with Gasteiger partial charge in [0, 0.05) is 12.3 Å². The van der Waals surface area contributed by atoms with E-state index in [9.17, 15) is 22.8 Å². The van der Waals surface area contributed by atoms with E-state index in [0.717, 1.165) is 27.2 Å². The number of alkyl halides is 4. The zero-order valence-corrected chi connectivity index (χ0v) is 17.0. The van der Waals surface area contributed by atoms with Crippen molar-refractivity contribution in [3.8, 4) is 11.1 Å². The fourth-order valence-corrected chi connectivity index (χ4v) is 4.52. The van der Waals surface area contributed by atoms with E-state index >= 15 is 0 Å². The SMILES string of the molecule is O=C(CCl)[C@H]1C[C@H](OC(F)(F)F)CN1C(=O)OCC1c2ccccc2-c2ccccc21. The second-order valence-electron chi connectivity index (χ2n) is 7.49. The average Bonchev–Trinajstić information content (AvgIpc) is 3.29. The van der Waals surface area contributed by atoms with E-state index in [-0.39, 0.29) is 18.9 Å². The van der Waals surface area contributed by atoms with Crippen LogP contribution in [0.25, 0.3) is 11.1 Å². The Balaban J connectivity index is 1.49. The van der Waals surface area contributed by atoms with Gasteiger partial charge in [-0.15, -0.1) is 24.8 Å². The number of Topliss-reactive ketones (excluding diaryl/α,β-unsaturated/α-hetero) is 1. The van der Waals surface area contributed by atoms with Crippen LogP contribution >= 0.6 is 11.6 Å². The van der Waals surface area contributed by atoms with Crippen LogP contribution in [-0.2, 0) is 14.3 Å². The molecule has 0 radical (unpaired) electrons. The number of fused-ring (bicyclic) bond motifs is 3. The van der Waals surface area contributed by atoms with Crippen LogP contribution in [0.4, 0.5) is 18.0 Å². The Bertz CT molecular complexity index is 951. The van der Waals surface area contributed by atoms with Gasteiger partial charge in [0.2, 0.25) is 0 Å². The number of carbonyl (C=O) groups excluding carboxylic acids is 2. The number of carbonyl (C=O) groups is 2. The largest absolute Gasteiger partial charge is 0.522 e. The number of benzene rings is 2. The lowest BCUT2D eigenvalue weighted by atomic mass is 9.98. The molecule has 2 aromatic carbocycles. The molecule has 2 aliphatic rings. The molecule has 0 unspecified atom stereocenters. The highest BCUT2D eigenvalue weighted by atomic mass is 35.5. The lowest BCUT2D eigenvalue weighted by molar-refractivity contribution is -0.340. The summed E-state index contributed by atoms with van der Waals surface area (Å²) in [5.41, 5.74) is 4.11. The third-order valence-electron chi connectivity index (χ3n) is 5.64. The van der Waals surface area contributed by atoms with E-state index in [4.69, 9.17) is 16.3 Å². The van der Waals surface area contributed by atoms with Gasteiger partial charge in [-0.05, 0) is 22.3 Å². The van der Waals surface area contributed by atoms with Gasteiger partial charge in [-0.25, -0.2) is 4.79 Å². The molecule has 1 aliphatic carbocycles. The smallest absolute Gasteiger partial charge is 0.448 e. The van der Waals surface area contributed by atoms with Gasteiger partial charge in [-0.1, -0.05) is 48.5 Å². The Labute approximate surface area is 181 Å². The van der Waals surface area contributed by atoms with Crippen LogP contribution in [0.15, 0.2) is 48.5 Å². The van der Waals surface area contributed by atoms with E-state index in [1.807, 2.05) is 48.5 Å². The van der Waals surface area contributed by atoms with E-state index in [2.05, 4.69) is 4.74 Å². The van der Waals surface area contributed by atoms with Crippen LogP contribution in [0, 0.1) is 0 Å². The van der Waals surface area contributed by atoms with Crippen molar-refractivity contribution in [1.29, 1.82) is 0 Å². The number of hydrogen-bond donors (Lipinski definition) is 0. The minimum atomic E-state index is -4.86. The molecule has 164 valence electrons. The highest BCUT2D eigenvalue weighted by Crippen LogP contribution is 2.44. The van der Waals surface area contributed by atoms with E-state index in [1.54, 1.807) is 0 Å². The number of ketones is 1. The minimum Gasteiger partial charge on any atom is -0.448 e. The molecule has 1 fully saturated rings. The third kappa shape index (κ3) is 4.41. The predicted molar refractivity (Wildman–Crippen MR) is 107 cm³/mol. The summed E-state index contributed by atoms with van der Waals surface area (Å²) in [5.74, 6) is -1.18. The third-order valence-corrected chi connectivity index (χ3v) is 5.90. The van der Waals surface area contributed by atoms with Crippen molar-refractivity contribution in [2.45, 2.75) is 30.8 Å². The van der Waals surface area contributed by atoms with Gasteiger partial charge in [0.15, 0.2) is 5.78 Å². The molecule has 0 N–H and O–H groups in total. The molecule has 0 spiro atoms. The standard InChI is InChI=1S/C22H19ClF3NO4/c23-10-20(28)19-9-13(31-22(24,25)26)11-27(19)21(29)30-12-18-16-7-3-1-5-14(16)15-6-2-4-8-17(15)18/h1-8,13,18-19H,9-12H2/t13-,19+/m0/s1. The van der Waals surface area contributed by atoms with Crippen molar-refractivity contribution in [3.05, 3.63) is 59.7 Å². The summed E-state index contributed by atoms with van der Waals surface area (Å²) in [6, 6.07) is 14.4. The zero-order chi connectivity index (χ0) is 22.2. The molecule has 0 saturated carbocycles. The van der Waals surface area contributed by atoms with Gasteiger partial charge < -0.3 is 4.74 Å². The normalized spacial score (nSPS) is 20.5. The fourth-order valence-electron chi connectivity index (χ4n) is 4.34. The van der Waals surface area contributed by atoms with Gasteiger partial charge in [0.05, 0.1) is 24.6 Å². The van der Waals surface area contributed by atoms with Crippen molar-refractivity contribution in [1.82, 2.24) is 4.90 Å². The summed E-state index contributed by atoms with van der Waals surface area (Å²) in [7, 11) is 0. The number of halogens is 4. The zero-order valence-electron chi connectivity index (χ0n) is 16.3. The summed E-state index contributed by atoms with van der Waals surface area (Å²) in [5, 5.41) is 0. The molecule has 5 nitrogen and oxygen atoms in total. The van der Waals surface area contributed by atoms with Crippen LogP contribution < -0.4 is 0 Å². The van der Waals surface area contributed by atoms with E-state index in [1.165, 1.54) is 0 Å². The summed E-state index contributed by atoms with van der Waals surface area (Å²) < 4.78 is 47.3. The van der Waals surface area contributed by atoms with Crippen molar-refractivity contribution < 1.29 is 32.2 Å². The topological polar surface area (TPSA) is 55.8 Å². The number of rotatable bonds is 5. The molecule has 2 atom stereocenters. The fraction of sp³-hybridized carbons (Fsp3) is 0.364. The first-order chi connectivity index (χ1) is 14.8. The second kappa shape index (κ2) is 8.51. The monoisotopic (exact) mass is 453 g/mol. The summed E-state index contributed by atoms with van der Waals surface area (Å²) in [6.45, 7) is -0.403. The minimum absolute atomic E-state index is 0.00403. The van der Waals surface area contributed by atoms with Gasteiger partial charge in [0.25, 0.3) is 0 Å². The van der Waals surface area contributed by atoms with Crippen molar-refractivity contribution in [3.63, 3.8) is 0 Å². The lowest BCUT2D eigenvalue weighted by Crippen LogP contribution is -2.42. The highest BCUT2D eigenvalue weighted by Gasteiger charge is 2.45. The predicted octanol–water partition coefficient (Wildman–Crippen LogP) is 4.72. The number of nitrogens with zero attached hydrogens (tertiary/aromatic N) is 1. The maximum atomic E-state index is 12.7. The molecule has 0 aromatic heterocycles. The molecular weight excluding hydrogens is 435 g/mol. The van der Waals surface area contributed by atoms with Gasteiger partial charge in [-0.2, -0.15) is 0 Å². The maximum Gasteiger partial charge on any atom is 0.522 e. The Morgan fingerprint density at radius 3 is 2.16 bits per heavy atom. The van der Waals surface area contributed by atoms with Crippen molar-refractivity contribution in [2.24, 2.45) is 0 Å². The van der Waals surface area contributed by atoms with Crippen molar-refractivity contribution in [2.75, 3.05) is 19.0 Å². The summed E-state index contributed by atoms with van der Waals surface area (Å²) in [4.78, 5) is 25.8. The number of hydrogen-bond acceptors (Lipinski definition) is 4. The molecule has 0 bridgehead atoms. The molecule has 1 amide bonds. The Morgan fingerprint density at radius 2 is 1.61 bits per heavy atom. The van der Waals surface area contributed by atoms with Crippen LogP contribution in [0.1, 0.15) is 23.5 Å². The Kier molecular flexibility index (Phi) is 5.94. The van der Waals surface area contributed by atoms with Gasteiger partial charge in [0.1, 0.15) is 6.61 Å². The van der Waals surface area contributed by atoms with E-state index in [0.29, 0.717) is 0 Å². The summed E-state index contributed by atoms with van der Waals surface area (Å²) >= 11 is 5.58. The molecule has 1 aliphatic heterocycles. The first-order valence-corrected chi connectivity index (χ1v) is 10.3. The highest BCUT2D eigenvalue weighted by molar-refractivity contribution is 6.28. The molecule has 31 heavy (non-hydrogen) atoms. The number of ether oxygens (including phenoxy) is 2. The van der Waals surface area contributed by atoms with Crippen LogP contribution in [0.5, 0.6) is 0 Å². The molecule has 1 heterocycles. The van der Waals surface area contributed by atoms with Gasteiger partial charge in [-0.3, -0.25) is 14.4 Å². The van der Waals surface area contributed by atoms with Crippen LogP contribution in [0.2, 0.25) is 0 Å². The molecule has 4 rings (SSSR count). The van der Waals surface area contributed by atoms with Crippen LogP contribution in [-0.4, -0.2) is 54.3 Å². The molecule has 9 heteroatoms. The van der Waals surface area contributed by atoms with E-state index < -0.39 is 42.8 Å². The Morgan fingerprint density at radius 1 is 1.03 bits per heavy atom. The first-order valence-electron chi connectivity index (χ1n) is 9.73. The van der Waals surface area contributed by atoms with Crippen molar-refractivity contribution >= 4 is 23.5 Å². The molecule has 2 aromatic rings.